The summed E-state index contributed by atoms with van der Waals surface area (Å²) in [5.41, 5.74) is 0. The van der Waals surface area contributed by atoms with E-state index in [1.807, 2.05) is 0 Å². The standard InChI is InChI=1S/C40H84N.C16H35O4P/c1-5-9-13-17-21-25-29-33-37-41(38-34-30-26-22-18-14-10-6-2,39-35-31-27-23-19-15-11-7-3)40-36-32-28-24-20-16-12-8-4;1-5-9-11-15(7-3)13-19-21(17,18)20-14-16(8-4)12-10-6-2/h5-40H2,1-4H3;15-16H,5-14H2,1-4H3,(H,17,18)/q+1;/p-1. The molecule has 5 nitrogen and oxygen atoms in total. The molecule has 376 valence electrons. The van der Waals surface area contributed by atoms with Crippen LogP contribution in [0.3, 0.4) is 0 Å². The van der Waals surface area contributed by atoms with E-state index in [1.54, 1.807) is 0 Å². The first-order chi connectivity index (χ1) is 30.2. The molecule has 0 aromatic rings. The molecule has 62 heavy (non-hydrogen) atoms. The van der Waals surface area contributed by atoms with E-state index in [2.05, 4.69) is 55.4 Å². The third kappa shape index (κ3) is 45.2. The minimum absolute atomic E-state index is 0.253. The Morgan fingerprint density at radius 1 is 0.339 bits per heavy atom. The molecule has 0 aromatic heterocycles. The fraction of sp³-hybridized carbons (Fsp3) is 1.00. The number of unbranched alkanes of at least 4 members (excludes halogenated alkanes) is 30. The van der Waals surface area contributed by atoms with Crippen LogP contribution in [0.1, 0.15) is 312 Å². The van der Waals surface area contributed by atoms with Crippen LogP contribution in [0.5, 0.6) is 0 Å². The molecule has 0 aliphatic rings. The van der Waals surface area contributed by atoms with Crippen molar-refractivity contribution in [2.24, 2.45) is 11.8 Å². The Labute approximate surface area is 392 Å². The number of hydrogen-bond acceptors (Lipinski definition) is 4. The van der Waals surface area contributed by atoms with Gasteiger partial charge in [-0.3, -0.25) is 4.57 Å². The van der Waals surface area contributed by atoms with Crippen LogP contribution in [-0.4, -0.2) is 43.9 Å². The lowest BCUT2D eigenvalue weighted by Crippen LogP contribution is -2.50. The lowest BCUT2D eigenvalue weighted by Gasteiger charge is -2.40. The van der Waals surface area contributed by atoms with Crippen molar-refractivity contribution in [3.05, 3.63) is 0 Å². The number of phosphoric ester groups is 1. The molecule has 0 rings (SSSR count). The van der Waals surface area contributed by atoms with Crippen LogP contribution in [0.4, 0.5) is 0 Å². The van der Waals surface area contributed by atoms with Gasteiger partial charge in [0, 0.05) is 0 Å². The van der Waals surface area contributed by atoms with E-state index in [9.17, 15) is 9.46 Å². The molecule has 2 unspecified atom stereocenters. The van der Waals surface area contributed by atoms with E-state index in [0.717, 1.165) is 51.4 Å². The number of nitrogens with zero attached hydrogens (tertiary/aromatic N) is 1. The molecule has 0 amide bonds. The summed E-state index contributed by atoms with van der Waals surface area (Å²) in [4.78, 5) is 11.8. The van der Waals surface area contributed by atoms with Gasteiger partial charge in [0.15, 0.2) is 0 Å². The fourth-order valence-corrected chi connectivity index (χ4v) is 10.1. The largest absolute Gasteiger partial charge is 0.756 e. The van der Waals surface area contributed by atoms with Crippen LogP contribution in [0.15, 0.2) is 0 Å². The molecule has 0 spiro atoms. The van der Waals surface area contributed by atoms with E-state index in [-0.39, 0.29) is 13.2 Å². The molecule has 0 aromatic carbocycles. The van der Waals surface area contributed by atoms with E-state index in [1.165, 1.54) is 236 Å². The number of rotatable bonds is 50. The van der Waals surface area contributed by atoms with Gasteiger partial charge in [-0.05, 0) is 76.0 Å². The minimum Gasteiger partial charge on any atom is -0.756 e. The van der Waals surface area contributed by atoms with Gasteiger partial charge in [0.1, 0.15) is 0 Å². The summed E-state index contributed by atoms with van der Waals surface area (Å²) in [7, 11) is -4.14. The molecule has 0 radical (unpaired) electrons. The zero-order valence-corrected chi connectivity index (χ0v) is 45.1. The summed E-state index contributed by atoms with van der Waals surface area (Å²) in [5.74, 6) is 0.607. The van der Waals surface area contributed by atoms with Crippen molar-refractivity contribution in [3.63, 3.8) is 0 Å². The van der Waals surface area contributed by atoms with Crippen LogP contribution in [0.2, 0.25) is 0 Å². The molecule has 0 aliphatic heterocycles. The van der Waals surface area contributed by atoms with Gasteiger partial charge < -0.3 is 18.4 Å². The predicted molar refractivity (Wildman–Crippen MR) is 276 cm³/mol. The Bertz CT molecular complexity index is 777. The zero-order chi connectivity index (χ0) is 46.1. The van der Waals surface area contributed by atoms with Gasteiger partial charge in [-0.15, -0.1) is 0 Å². The van der Waals surface area contributed by atoms with Gasteiger partial charge in [-0.1, -0.05) is 248 Å². The van der Waals surface area contributed by atoms with Crippen LogP contribution in [0.25, 0.3) is 0 Å². The van der Waals surface area contributed by atoms with Crippen LogP contribution in [-0.2, 0) is 13.6 Å². The molecule has 2 atom stereocenters. The molecule has 0 bridgehead atoms. The van der Waals surface area contributed by atoms with Gasteiger partial charge in [0.05, 0.1) is 39.4 Å². The van der Waals surface area contributed by atoms with E-state index < -0.39 is 7.82 Å². The highest BCUT2D eigenvalue weighted by Gasteiger charge is 2.26. The molecule has 6 heteroatoms. The van der Waals surface area contributed by atoms with Crippen molar-refractivity contribution < 1.29 is 23.0 Å². The SMILES string of the molecule is CCCCC(CC)COP(=O)([O-])OCC(CC)CCCC.CCCCCCCCCC[N+](CCCCCCCCCC)(CCCCCCCCCC)CCCCCCCCCC. The summed E-state index contributed by atoms with van der Waals surface area (Å²) in [5, 5.41) is 0. The molecule has 0 N–H and O–H groups in total. The lowest BCUT2D eigenvalue weighted by molar-refractivity contribution is -0.929. The Morgan fingerprint density at radius 2 is 0.548 bits per heavy atom. The second-order valence-corrected chi connectivity index (χ2v) is 21.4. The summed E-state index contributed by atoms with van der Waals surface area (Å²) in [6.45, 7) is 24.2. The molecular weight excluding hydrogens is 782 g/mol. The molecule has 0 saturated carbocycles. The molecule has 0 fully saturated rings. The molecule has 0 aliphatic carbocycles. The van der Waals surface area contributed by atoms with E-state index in [4.69, 9.17) is 9.05 Å². The lowest BCUT2D eigenvalue weighted by atomic mass is 10.0. The van der Waals surface area contributed by atoms with Gasteiger partial charge in [-0.2, -0.15) is 0 Å². The van der Waals surface area contributed by atoms with Crippen LogP contribution < -0.4 is 4.89 Å². The van der Waals surface area contributed by atoms with E-state index >= 15 is 0 Å². The minimum atomic E-state index is -4.14. The maximum Gasteiger partial charge on any atom is 0.267 e. The third-order valence-corrected chi connectivity index (χ3v) is 14.9. The quantitative estimate of drug-likeness (QED) is 0.0347. The van der Waals surface area contributed by atoms with Gasteiger partial charge in [0.25, 0.3) is 7.82 Å². The number of quaternary nitrogens is 1. The Morgan fingerprint density at radius 3 is 0.758 bits per heavy atom. The molecule has 0 heterocycles. The predicted octanol–water partition coefficient (Wildman–Crippen LogP) is 19.3. The first kappa shape index (κ1) is 64.2. The van der Waals surface area contributed by atoms with Gasteiger partial charge >= 0.3 is 0 Å². The fourth-order valence-electron chi connectivity index (χ4n) is 9.22. The van der Waals surface area contributed by atoms with Crippen molar-refractivity contribution in [2.45, 2.75) is 312 Å². The topological polar surface area (TPSA) is 58.6 Å². The van der Waals surface area contributed by atoms with Gasteiger partial charge in [-0.25, -0.2) is 0 Å². The highest BCUT2D eigenvalue weighted by Crippen LogP contribution is 2.40. The first-order valence-corrected chi connectivity index (χ1v) is 30.1. The van der Waals surface area contributed by atoms with Crippen molar-refractivity contribution in [1.29, 1.82) is 0 Å². The van der Waals surface area contributed by atoms with Crippen LogP contribution in [0, 0.1) is 11.8 Å². The highest BCUT2D eigenvalue weighted by molar-refractivity contribution is 7.45. The number of phosphoric acid groups is 1. The maximum atomic E-state index is 11.8. The van der Waals surface area contributed by atoms with Crippen LogP contribution >= 0.6 is 7.82 Å². The average Bonchev–Trinajstić information content (AvgIpc) is 3.27. The average molecular weight is 901 g/mol. The van der Waals surface area contributed by atoms with E-state index in [0.29, 0.717) is 11.8 Å². The van der Waals surface area contributed by atoms with Crippen molar-refractivity contribution in [1.82, 2.24) is 0 Å². The van der Waals surface area contributed by atoms with Crippen molar-refractivity contribution in [2.75, 3.05) is 39.4 Å². The Balaban J connectivity index is 0. The summed E-state index contributed by atoms with van der Waals surface area (Å²) in [6.07, 6.45) is 55.1. The summed E-state index contributed by atoms with van der Waals surface area (Å²) < 4.78 is 23.4. The summed E-state index contributed by atoms with van der Waals surface area (Å²) in [6, 6.07) is 0. The second kappa shape index (κ2) is 50.5. The molecular formula is C56H118NO4P. The van der Waals surface area contributed by atoms with Crippen molar-refractivity contribution >= 4 is 7.82 Å². The third-order valence-electron chi connectivity index (χ3n) is 14.0. The number of hydrogen-bond donors (Lipinski definition) is 0. The first-order valence-electron chi connectivity index (χ1n) is 28.7. The summed E-state index contributed by atoms with van der Waals surface area (Å²) >= 11 is 0. The normalized spacial score (nSPS) is 13.8. The smallest absolute Gasteiger partial charge is 0.267 e. The van der Waals surface area contributed by atoms with Gasteiger partial charge in [0.2, 0.25) is 0 Å². The second-order valence-electron chi connectivity index (χ2n) is 20.0. The highest BCUT2D eigenvalue weighted by atomic mass is 31.2. The van der Waals surface area contributed by atoms with Crippen molar-refractivity contribution in [3.8, 4) is 0 Å². The Kier molecular flexibility index (Phi) is 52.2. The Hall–Kier alpha value is 0.0700. The molecule has 0 saturated heterocycles. The monoisotopic (exact) mass is 900 g/mol. The zero-order valence-electron chi connectivity index (χ0n) is 44.2. The maximum absolute atomic E-state index is 11.8.